The molecule has 164 valence electrons. The Bertz CT molecular complexity index is 877. The van der Waals surface area contributed by atoms with Gasteiger partial charge in [-0.25, -0.2) is 4.18 Å². The smallest absolute Gasteiger partial charge is 0.396 e. The van der Waals surface area contributed by atoms with Gasteiger partial charge >= 0.3 is 10.4 Å². The van der Waals surface area contributed by atoms with E-state index >= 15 is 0 Å². The highest BCUT2D eigenvalue weighted by molar-refractivity contribution is 7.82. The third-order valence-corrected chi connectivity index (χ3v) is 5.49. The number of unbranched alkanes of at least 4 members (excludes halogenated alkanes) is 3. The summed E-state index contributed by atoms with van der Waals surface area (Å²) in [6.45, 7) is 3.28. The van der Waals surface area contributed by atoms with Crippen molar-refractivity contribution in [2.24, 2.45) is 0 Å². The van der Waals surface area contributed by atoms with Crippen molar-refractivity contribution >= 4 is 28.2 Å². The zero-order valence-electron chi connectivity index (χ0n) is 17.7. The van der Waals surface area contributed by atoms with E-state index in [2.05, 4.69) is 43.1 Å². The van der Waals surface area contributed by atoms with Gasteiger partial charge in [0, 0.05) is 25.9 Å². The maximum atomic E-state index is 11.9. The van der Waals surface area contributed by atoms with E-state index in [1.165, 1.54) is 5.69 Å². The lowest BCUT2D eigenvalue weighted by atomic mass is 10.1. The van der Waals surface area contributed by atoms with Crippen LogP contribution in [0.2, 0.25) is 0 Å². The van der Waals surface area contributed by atoms with E-state index in [1.807, 2.05) is 12.2 Å². The molecular weight excluding hydrogens is 402 g/mol. The van der Waals surface area contributed by atoms with E-state index in [0.717, 1.165) is 30.5 Å². The highest BCUT2D eigenvalue weighted by atomic mass is 32.3. The van der Waals surface area contributed by atoms with Crippen LogP contribution < -0.4 is 9.08 Å². The minimum Gasteiger partial charge on any atom is -0.396 e. The van der Waals surface area contributed by atoms with Gasteiger partial charge in [-0.3, -0.25) is 0 Å². The number of aliphatic hydroxyl groups excluding tert-OH is 1. The average Bonchev–Trinajstić information content (AvgIpc) is 2.75. The number of nitrogens with zero attached hydrogens (tertiary/aromatic N) is 1. The third-order valence-electron chi connectivity index (χ3n) is 4.63. The highest BCUT2D eigenvalue weighted by Gasteiger charge is 2.13. The van der Waals surface area contributed by atoms with E-state index in [-0.39, 0.29) is 19.0 Å². The second-order valence-electron chi connectivity index (χ2n) is 6.96. The minimum absolute atomic E-state index is 0.0709. The molecule has 0 amide bonds. The van der Waals surface area contributed by atoms with Crippen LogP contribution in [0.4, 0.5) is 5.69 Å². The number of anilines is 1. The van der Waals surface area contributed by atoms with Gasteiger partial charge in [-0.05, 0) is 55.2 Å². The van der Waals surface area contributed by atoms with Gasteiger partial charge in [-0.2, -0.15) is 8.42 Å². The number of hydrogen-bond donors (Lipinski definition) is 1. The second kappa shape index (κ2) is 12.4. The summed E-state index contributed by atoms with van der Waals surface area (Å²) in [4.78, 5) is 2.17. The normalized spacial score (nSPS) is 11.7. The standard InChI is InChI=1S/C23H31NO5S/c1-3-24(2)22-14-10-20(11-15-22)8-9-21-12-16-23(17-13-21)29-30(26,27)28-19-7-5-4-6-18-25/h8-17,25H,3-7,18-19H2,1-2H3. The maximum absolute atomic E-state index is 11.9. The Hall–Kier alpha value is -2.35. The largest absolute Gasteiger partial charge is 0.449 e. The molecule has 0 atom stereocenters. The Labute approximate surface area is 180 Å². The van der Waals surface area contributed by atoms with Crippen LogP contribution in [0.3, 0.4) is 0 Å². The number of aliphatic hydroxyl groups is 1. The zero-order valence-corrected chi connectivity index (χ0v) is 18.5. The summed E-state index contributed by atoms with van der Waals surface area (Å²) >= 11 is 0. The molecule has 0 radical (unpaired) electrons. The number of hydrogen-bond acceptors (Lipinski definition) is 6. The zero-order chi connectivity index (χ0) is 21.8. The molecule has 6 nitrogen and oxygen atoms in total. The summed E-state index contributed by atoms with van der Waals surface area (Å²) in [6, 6.07) is 15.1. The minimum atomic E-state index is -4.08. The first-order chi connectivity index (χ1) is 14.4. The SMILES string of the molecule is CCN(C)c1ccc(C=Cc2ccc(OS(=O)(=O)OCCCCCCO)cc2)cc1. The van der Waals surface area contributed by atoms with Gasteiger partial charge in [-0.1, -0.05) is 49.3 Å². The second-order valence-corrected chi connectivity index (χ2v) is 8.18. The van der Waals surface area contributed by atoms with Gasteiger partial charge in [0.05, 0.1) is 6.61 Å². The molecule has 0 aliphatic carbocycles. The molecule has 0 aliphatic heterocycles. The van der Waals surface area contributed by atoms with Crippen molar-refractivity contribution in [3.8, 4) is 5.75 Å². The predicted octanol–water partition coefficient (Wildman–Crippen LogP) is 4.51. The Kier molecular flexibility index (Phi) is 9.86. The number of rotatable bonds is 13. The third kappa shape index (κ3) is 8.57. The fraction of sp³-hybridized carbons (Fsp3) is 0.391. The molecule has 0 aromatic heterocycles. The monoisotopic (exact) mass is 433 g/mol. The van der Waals surface area contributed by atoms with Crippen molar-refractivity contribution in [3.05, 3.63) is 59.7 Å². The Morgan fingerprint density at radius 2 is 1.47 bits per heavy atom. The van der Waals surface area contributed by atoms with Crippen LogP contribution in [0, 0.1) is 0 Å². The fourth-order valence-corrected chi connectivity index (χ4v) is 3.44. The van der Waals surface area contributed by atoms with E-state index in [0.29, 0.717) is 12.8 Å². The lowest BCUT2D eigenvalue weighted by Gasteiger charge is -2.16. The molecule has 2 aromatic carbocycles. The summed E-state index contributed by atoms with van der Waals surface area (Å²) in [7, 11) is -2.03. The average molecular weight is 434 g/mol. The first-order valence-corrected chi connectivity index (χ1v) is 11.6. The molecule has 0 fully saturated rings. The maximum Gasteiger partial charge on any atom is 0.449 e. The van der Waals surface area contributed by atoms with Crippen LogP contribution in [-0.2, 0) is 14.6 Å². The first-order valence-electron chi connectivity index (χ1n) is 10.2. The van der Waals surface area contributed by atoms with Crippen molar-refractivity contribution in [2.75, 3.05) is 31.7 Å². The van der Waals surface area contributed by atoms with Crippen LogP contribution in [0.15, 0.2) is 48.5 Å². The molecule has 0 unspecified atom stereocenters. The van der Waals surface area contributed by atoms with Crippen molar-refractivity contribution in [1.82, 2.24) is 0 Å². The molecule has 0 saturated heterocycles. The molecule has 2 aromatic rings. The Morgan fingerprint density at radius 3 is 2.03 bits per heavy atom. The number of benzene rings is 2. The summed E-state index contributed by atoms with van der Waals surface area (Å²) in [5.74, 6) is 0.208. The van der Waals surface area contributed by atoms with Gasteiger partial charge < -0.3 is 14.2 Å². The highest BCUT2D eigenvalue weighted by Crippen LogP contribution is 2.18. The Balaban J connectivity index is 1.84. The van der Waals surface area contributed by atoms with E-state index in [4.69, 9.17) is 13.5 Å². The van der Waals surface area contributed by atoms with Gasteiger partial charge in [-0.15, -0.1) is 0 Å². The summed E-state index contributed by atoms with van der Waals surface area (Å²) < 4.78 is 33.6. The van der Waals surface area contributed by atoms with Crippen LogP contribution >= 0.6 is 0 Å². The predicted molar refractivity (Wildman–Crippen MR) is 122 cm³/mol. The lowest BCUT2D eigenvalue weighted by Crippen LogP contribution is -2.15. The van der Waals surface area contributed by atoms with Crippen LogP contribution in [-0.4, -0.2) is 40.3 Å². The molecule has 0 bridgehead atoms. The lowest BCUT2D eigenvalue weighted by molar-refractivity contribution is 0.257. The van der Waals surface area contributed by atoms with Crippen LogP contribution in [0.5, 0.6) is 5.75 Å². The van der Waals surface area contributed by atoms with Crippen molar-refractivity contribution in [1.29, 1.82) is 0 Å². The summed E-state index contributed by atoms with van der Waals surface area (Å²) in [6.07, 6.45) is 6.92. The molecule has 0 saturated carbocycles. The quantitative estimate of drug-likeness (QED) is 0.370. The van der Waals surface area contributed by atoms with Crippen molar-refractivity contribution < 1.29 is 21.9 Å². The molecule has 30 heavy (non-hydrogen) atoms. The molecule has 0 aliphatic rings. The summed E-state index contributed by atoms with van der Waals surface area (Å²) in [5.41, 5.74) is 3.18. The molecule has 2 rings (SSSR count). The van der Waals surface area contributed by atoms with Gasteiger partial charge in [0.15, 0.2) is 0 Å². The van der Waals surface area contributed by atoms with Gasteiger partial charge in [0.25, 0.3) is 0 Å². The molecule has 1 N–H and O–H groups in total. The fourth-order valence-electron chi connectivity index (χ4n) is 2.72. The molecule has 7 heteroatoms. The van der Waals surface area contributed by atoms with E-state index < -0.39 is 10.4 Å². The van der Waals surface area contributed by atoms with Gasteiger partial charge in [0.1, 0.15) is 5.75 Å². The Morgan fingerprint density at radius 1 is 0.900 bits per heavy atom. The first kappa shape index (κ1) is 23.9. The molecule has 0 spiro atoms. The van der Waals surface area contributed by atoms with E-state index in [9.17, 15) is 8.42 Å². The van der Waals surface area contributed by atoms with Crippen molar-refractivity contribution in [3.63, 3.8) is 0 Å². The summed E-state index contributed by atoms with van der Waals surface area (Å²) in [5, 5.41) is 8.71. The van der Waals surface area contributed by atoms with Crippen LogP contribution in [0.25, 0.3) is 12.2 Å². The van der Waals surface area contributed by atoms with Crippen LogP contribution in [0.1, 0.15) is 43.7 Å². The topological polar surface area (TPSA) is 76.1 Å². The van der Waals surface area contributed by atoms with Crippen molar-refractivity contribution in [2.45, 2.75) is 32.6 Å². The van der Waals surface area contributed by atoms with Gasteiger partial charge in [0.2, 0.25) is 0 Å². The molecule has 0 heterocycles. The van der Waals surface area contributed by atoms with E-state index in [1.54, 1.807) is 24.3 Å². The molecular formula is C23H31NO5S.